The SMILES string of the molecule is Cl.Cl.Cl.Cl.Cl.O=P(O)(O)O. The van der Waals surface area contributed by atoms with Crippen LogP contribution in [0, 0.1) is 0 Å². The average molecular weight is 280 g/mol. The van der Waals surface area contributed by atoms with Crippen molar-refractivity contribution in [2.24, 2.45) is 0 Å². The van der Waals surface area contributed by atoms with Crippen LogP contribution >= 0.6 is 69.9 Å². The van der Waals surface area contributed by atoms with Gasteiger partial charge in [0.2, 0.25) is 0 Å². The average Bonchev–Trinajstić information content (AvgIpc) is 0.722. The van der Waals surface area contributed by atoms with E-state index in [1.807, 2.05) is 0 Å². The Morgan fingerprint density at radius 3 is 0.700 bits per heavy atom. The summed E-state index contributed by atoms with van der Waals surface area (Å²) in [5, 5.41) is 0. The molecule has 0 unspecified atom stereocenters. The van der Waals surface area contributed by atoms with Gasteiger partial charge in [0.1, 0.15) is 0 Å². The first-order valence-corrected chi connectivity index (χ1v) is 2.35. The lowest BCUT2D eigenvalue weighted by molar-refractivity contribution is 0.275. The molecule has 0 bridgehead atoms. The van der Waals surface area contributed by atoms with Crippen LogP contribution in [0.4, 0.5) is 0 Å². The van der Waals surface area contributed by atoms with E-state index in [9.17, 15) is 0 Å². The zero-order valence-corrected chi connectivity index (χ0v) is 9.22. The highest BCUT2D eigenvalue weighted by Gasteiger charge is 2.00. The molecular weight excluding hydrogens is 272 g/mol. The maximum Gasteiger partial charge on any atom is 0.466 e. The van der Waals surface area contributed by atoms with Crippen molar-refractivity contribution in [1.82, 2.24) is 0 Å². The number of phosphoric acid groups is 1. The van der Waals surface area contributed by atoms with E-state index < -0.39 is 7.82 Å². The predicted molar refractivity (Wildman–Crippen MR) is 50.5 cm³/mol. The van der Waals surface area contributed by atoms with Gasteiger partial charge in [0, 0.05) is 0 Å². The summed E-state index contributed by atoms with van der Waals surface area (Å²) < 4.78 is 8.88. The Kier molecular flexibility index (Phi) is 70.4. The fourth-order valence-electron chi connectivity index (χ4n) is 0. The largest absolute Gasteiger partial charge is 0.466 e. The quantitative estimate of drug-likeness (QED) is 0.582. The molecule has 0 spiro atoms. The van der Waals surface area contributed by atoms with Gasteiger partial charge in [0.25, 0.3) is 0 Å². The van der Waals surface area contributed by atoms with E-state index in [4.69, 9.17) is 19.2 Å². The summed E-state index contributed by atoms with van der Waals surface area (Å²) in [5.41, 5.74) is 0. The lowest BCUT2D eigenvalue weighted by Gasteiger charge is -1.82. The first kappa shape index (κ1) is 41.7. The van der Waals surface area contributed by atoms with Gasteiger partial charge in [-0.15, -0.1) is 62.0 Å². The van der Waals surface area contributed by atoms with E-state index in [0.717, 1.165) is 0 Å². The van der Waals surface area contributed by atoms with Crippen LogP contribution in [-0.4, -0.2) is 14.7 Å². The highest BCUT2D eigenvalue weighted by atomic mass is 35.5. The van der Waals surface area contributed by atoms with Gasteiger partial charge in [0.15, 0.2) is 0 Å². The van der Waals surface area contributed by atoms with Crippen molar-refractivity contribution in [1.29, 1.82) is 0 Å². The molecular formula is H8Cl5O4P. The van der Waals surface area contributed by atoms with Gasteiger partial charge >= 0.3 is 7.82 Å². The molecule has 0 fully saturated rings. The van der Waals surface area contributed by atoms with Crippen molar-refractivity contribution in [2.45, 2.75) is 0 Å². The topological polar surface area (TPSA) is 77.8 Å². The molecule has 3 N–H and O–H groups in total. The number of rotatable bonds is 0. The number of hydrogen-bond acceptors (Lipinski definition) is 1. The molecule has 0 radical (unpaired) electrons. The lowest BCUT2D eigenvalue weighted by Crippen LogP contribution is -1.66. The summed E-state index contributed by atoms with van der Waals surface area (Å²) in [6, 6.07) is 0. The second-order valence-electron chi connectivity index (χ2n) is 0.513. The smallest absolute Gasteiger partial charge is 0.303 e. The molecule has 0 aliphatic heterocycles. The molecule has 0 rings (SSSR count). The van der Waals surface area contributed by atoms with E-state index in [1.165, 1.54) is 0 Å². The van der Waals surface area contributed by atoms with Crippen LogP contribution in [0.25, 0.3) is 0 Å². The molecule has 0 aliphatic rings. The molecule has 0 amide bonds. The maximum absolute atomic E-state index is 8.88. The van der Waals surface area contributed by atoms with Crippen LogP contribution in [0.5, 0.6) is 0 Å². The Labute approximate surface area is 89.1 Å². The monoisotopic (exact) mass is 278 g/mol. The lowest BCUT2D eigenvalue weighted by atomic mass is 15.8. The van der Waals surface area contributed by atoms with E-state index >= 15 is 0 Å². The van der Waals surface area contributed by atoms with E-state index in [0.29, 0.717) is 0 Å². The fraction of sp³-hybridized carbons (Fsp3) is 0. The molecule has 10 heavy (non-hydrogen) atoms. The Morgan fingerprint density at radius 1 is 0.700 bits per heavy atom. The molecule has 0 atom stereocenters. The first-order chi connectivity index (χ1) is 2.00. The fourth-order valence-corrected chi connectivity index (χ4v) is 0. The van der Waals surface area contributed by atoms with Crippen LogP contribution in [0.3, 0.4) is 0 Å². The minimum atomic E-state index is -4.64. The third-order valence-corrected chi connectivity index (χ3v) is 0. The van der Waals surface area contributed by atoms with Crippen LogP contribution in [-0.2, 0) is 4.57 Å². The first-order valence-electron chi connectivity index (χ1n) is 0.783. The van der Waals surface area contributed by atoms with Crippen LogP contribution in [0.2, 0.25) is 0 Å². The molecule has 0 heterocycles. The van der Waals surface area contributed by atoms with Crippen molar-refractivity contribution in [2.75, 3.05) is 0 Å². The third kappa shape index (κ3) is 288. The summed E-state index contributed by atoms with van der Waals surface area (Å²) in [5.74, 6) is 0. The molecule has 0 aromatic rings. The Hall–Kier alpha value is 1.56. The van der Waals surface area contributed by atoms with Crippen LogP contribution in [0.1, 0.15) is 0 Å². The molecule has 0 aliphatic carbocycles. The van der Waals surface area contributed by atoms with Gasteiger partial charge in [-0.1, -0.05) is 0 Å². The van der Waals surface area contributed by atoms with Crippen LogP contribution in [0.15, 0.2) is 0 Å². The molecule has 10 heteroatoms. The van der Waals surface area contributed by atoms with Gasteiger partial charge in [0.05, 0.1) is 0 Å². The summed E-state index contributed by atoms with van der Waals surface area (Å²) in [6.07, 6.45) is 0. The second kappa shape index (κ2) is 16.9. The number of hydrogen-bond donors (Lipinski definition) is 3. The highest BCUT2D eigenvalue weighted by molar-refractivity contribution is 7.45. The zero-order chi connectivity index (χ0) is 4.50. The van der Waals surface area contributed by atoms with Crippen molar-refractivity contribution in [3.63, 3.8) is 0 Å². The summed E-state index contributed by atoms with van der Waals surface area (Å²) >= 11 is 0. The van der Waals surface area contributed by atoms with Crippen molar-refractivity contribution in [3.05, 3.63) is 0 Å². The standard InChI is InChI=1S/5ClH.H3O4P/c;;;;;1-5(2,3)4/h5*1H;(H3,1,2,3,4). The van der Waals surface area contributed by atoms with E-state index in [2.05, 4.69) is 0 Å². The maximum atomic E-state index is 8.88. The minimum Gasteiger partial charge on any atom is -0.303 e. The van der Waals surface area contributed by atoms with Gasteiger partial charge < -0.3 is 14.7 Å². The van der Waals surface area contributed by atoms with Gasteiger partial charge in [-0.2, -0.15) is 0 Å². The van der Waals surface area contributed by atoms with Crippen molar-refractivity contribution in [3.8, 4) is 0 Å². The Balaban J connectivity index is -0.00000000800. The number of halogens is 5. The van der Waals surface area contributed by atoms with Gasteiger partial charge in [-0.05, 0) is 0 Å². The molecule has 4 nitrogen and oxygen atoms in total. The van der Waals surface area contributed by atoms with E-state index in [-0.39, 0.29) is 62.0 Å². The molecule has 0 saturated carbocycles. The van der Waals surface area contributed by atoms with Crippen molar-refractivity contribution >= 4 is 69.9 Å². The highest BCUT2D eigenvalue weighted by Crippen LogP contribution is 2.25. The predicted octanol–water partition coefficient (Wildman–Crippen LogP) is 1.18. The van der Waals surface area contributed by atoms with Crippen LogP contribution < -0.4 is 0 Å². The Morgan fingerprint density at radius 2 is 0.700 bits per heavy atom. The van der Waals surface area contributed by atoms with E-state index in [1.54, 1.807) is 0 Å². The normalized spacial score (nSPS) is 5.90. The second-order valence-corrected chi connectivity index (χ2v) is 1.54. The summed E-state index contributed by atoms with van der Waals surface area (Å²) in [7, 11) is -4.64. The summed E-state index contributed by atoms with van der Waals surface area (Å²) in [4.78, 5) is 21.6. The minimum absolute atomic E-state index is 0. The van der Waals surface area contributed by atoms with Crippen molar-refractivity contribution < 1.29 is 19.2 Å². The van der Waals surface area contributed by atoms with Gasteiger partial charge in [-0.25, -0.2) is 4.57 Å². The third-order valence-electron chi connectivity index (χ3n) is 0. The van der Waals surface area contributed by atoms with Gasteiger partial charge in [-0.3, -0.25) is 0 Å². The zero-order valence-electron chi connectivity index (χ0n) is 4.24. The molecule has 0 aromatic carbocycles. The molecule has 0 saturated heterocycles. The summed E-state index contributed by atoms with van der Waals surface area (Å²) in [6.45, 7) is 0. The molecule has 72 valence electrons. The molecule has 0 aromatic heterocycles. The Bertz CT molecular complexity index is 59.8.